The van der Waals surface area contributed by atoms with Crippen LogP contribution in [-0.4, -0.2) is 9.97 Å². The van der Waals surface area contributed by atoms with E-state index >= 15 is 0 Å². The maximum Gasteiger partial charge on any atom is 0.124 e. The molecule has 2 heterocycles. The predicted octanol–water partition coefficient (Wildman–Crippen LogP) is 20.9. The Morgan fingerprint density at radius 3 is 0.921 bits per heavy atom. The van der Waals surface area contributed by atoms with Crippen molar-refractivity contribution < 1.29 is 0 Å². The van der Waals surface area contributed by atoms with Gasteiger partial charge in [-0.25, -0.2) is 9.97 Å². The van der Waals surface area contributed by atoms with Gasteiger partial charge in [-0.1, -0.05) is 206 Å². The number of fused-ring (bicyclic) bond motifs is 6. The Labute approximate surface area is 448 Å². The normalized spacial score (nSPS) is 11.7. The predicted molar refractivity (Wildman–Crippen MR) is 326 cm³/mol. The summed E-state index contributed by atoms with van der Waals surface area (Å²) < 4.78 is 2.41. The number of benzene rings is 13. The molecule has 15 aromatic rings. The quantitative estimate of drug-likeness (QED) is 0.142. The lowest BCUT2D eigenvalue weighted by molar-refractivity contribution is 1.48. The van der Waals surface area contributed by atoms with Gasteiger partial charge < -0.3 is 0 Å². The summed E-state index contributed by atoms with van der Waals surface area (Å²) in [4.78, 5) is 9.94. The molecule has 13 aromatic carbocycles. The van der Waals surface area contributed by atoms with Gasteiger partial charge in [0.25, 0.3) is 0 Å². The number of aromatic nitrogens is 2. The van der Waals surface area contributed by atoms with E-state index in [9.17, 15) is 0 Å². The molecule has 0 aliphatic rings. The van der Waals surface area contributed by atoms with Crippen molar-refractivity contribution in [3.8, 4) is 87.9 Å². The summed E-state index contributed by atoms with van der Waals surface area (Å²) in [5.41, 5.74) is 18.7. The minimum Gasteiger partial charge on any atom is -0.236 e. The average molecular weight is 1000 g/mol. The number of nitrogens with zero attached hydrogens (tertiary/aromatic N) is 2. The van der Waals surface area contributed by atoms with Gasteiger partial charge in [-0.05, 0) is 171 Å². The molecule has 2 aromatic heterocycles. The lowest BCUT2D eigenvalue weighted by Crippen LogP contribution is -1.93. The lowest BCUT2D eigenvalue weighted by Gasteiger charge is -2.20. The standard InChI is InChI=1S/C72H44N2S2/c1-3-11-45(12-4-1)47-19-23-49(24-20-47)69-61-37-35-58(54-28-30-56-42-60(34-32-52(56)40-54)72-74-66-16-8-10-18-68(66)76-72)44-64(61)70(50-25-21-48(22-26-50)46-13-5-2-6-14-46)62-38-36-57(43-63(62)69)53-27-29-55-41-59(33-31-51(55)39-53)71-73-65-15-7-9-17-67(65)75-71/h1-44H. The molecule has 0 radical (unpaired) electrons. The van der Waals surface area contributed by atoms with E-state index in [0.29, 0.717) is 0 Å². The van der Waals surface area contributed by atoms with Gasteiger partial charge in [0.15, 0.2) is 0 Å². The zero-order valence-electron chi connectivity index (χ0n) is 41.1. The van der Waals surface area contributed by atoms with E-state index in [2.05, 4.69) is 267 Å². The maximum absolute atomic E-state index is 4.97. The fraction of sp³-hybridized carbons (Fsp3) is 0. The van der Waals surface area contributed by atoms with E-state index in [4.69, 9.17) is 9.97 Å². The zero-order valence-corrected chi connectivity index (χ0v) is 42.7. The fourth-order valence-electron chi connectivity index (χ4n) is 11.2. The molecule has 0 aliphatic carbocycles. The second-order valence-corrected chi connectivity index (χ2v) is 21.7. The van der Waals surface area contributed by atoms with Gasteiger partial charge >= 0.3 is 0 Å². The third-order valence-corrected chi connectivity index (χ3v) is 17.3. The average Bonchev–Trinajstić information content (AvgIpc) is 4.17. The highest BCUT2D eigenvalue weighted by Gasteiger charge is 2.20. The highest BCUT2D eigenvalue weighted by molar-refractivity contribution is 7.22. The van der Waals surface area contributed by atoms with Gasteiger partial charge in [-0.3, -0.25) is 0 Å². The first-order valence-electron chi connectivity index (χ1n) is 25.8. The van der Waals surface area contributed by atoms with Crippen molar-refractivity contribution in [1.29, 1.82) is 0 Å². The Bertz CT molecular complexity index is 4360. The van der Waals surface area contributed by atoms with Crippen LogP contribution >= 0.6 is 22.7 Å². The Kier molecular flexibility index (Phi) is 10.6. The third kappa shape index (κ3) is 7.86. The van der Waals surface area contributed by atoms with E-state index in [1.54, 1.807) is 22.7 Å². The fourth-order valence-corrected chi connectivity index (χ4v) is 13.2. The smallest absolute Gasteiger partial charge is 0.124 e. The summed E-state index contributed by atoms with van der Waals surface area (Å²) >= 11 is 3.49. The summed E-state index contributed by atoms with van der Waals surface area (Å²) in [6.45, 7) is 0. The van der Waals surface area contributed by atoms with Gasteiger partial charge in [0.1, 0.15) is 10.0 Å². The molecule has 0 bridgehead atoms. The molecule has 4 heteroatoms. The van der Waals surface area contributed by atoms with E-state index < -0.39 is 0 Å². The van der Waals surface area contributed by atoms with Crippen molar-refractivity contribution in [2.75, 3.05) is 0 Å². The largest absolute Gasteiger partial charge is 0.236 e. The van der Waals surface area contributed by atoms with E-state index in [1.165, 1.54) is 119 Å². The topological polar surface area (TPSA) is 25.8 Å². The van der Waals surface area contributed by atoms with Crippen molar-refractivity contribution >= 4 is 86.2 Å². The Balaban J connectivity index is 0.907. The Hall–Kier alpha value is -9.32. The van der Waals surface area contributed by atoms with Crippen molar-refractivity contribution in [3.05, 3.63) is 267 Å². The molecule has 76 heavy (non-hydrogen) atoms. The van der Waals surface area contributed by atoms with Crippen molar-refractivity contribution in [1.82, 2.24) is 9.97 Å². The summed E-state index contributed by atoms with van der Waals surface area (Å²) in [6.07, 6.45) is 0. The summed E-state index contributed by atoms with van der Waals surface area (Å²) in [7, 11) is 0. The van der Waals surface area contributed by atoms with Crippen LogP contribution in [-0.2, 0) is 0 Å². The zero-order chi connectivity index (χ0) is 50.1. The second-order valence-electron chi connectivity index (χ2n) is 19.7. The first-order chi connectivity index (χ1) is 37.6. The molecular formula is C72H44N2S2. The molecule has 0 aliphatic heterocycles. The monoisotopic (exact) mass is 1000 g/mol. The lowest BCUT2D eigenvalue weighted by atomic mass is 9.83. The molecule has 2 nitrogen and oxygen atoms in total. The minimum atomic E-state index is 1.04. The Morgan fingerprint density at radius 2 is 0.513 bits per heavy atom. The number of hydrogen-bond donors (Lipinski definition) is 0. The van der Waals surface area contributed by atoms with Crippen LogP contribution in [0.5, 0.6) is 0 Å². The van der Waals surface area contributed by atoms with E-state index in [0.717, 1.165) is 32.2 Å². The maximum atomic E-state index is 4.97. The van der Waals surface area contributed by atoms with Gasteiger partial charge in [-0.2, -0.15) is 0 Å². The SMILES string of the molecule is c1ccc(-c2ccc(-c3c4ccc(-c5ccc6cc(-c7nc8ccccc8s7)ccc6c5)cc4c(-c4ccc(-c5ccccc5)cc4)c4ccc(-c5ccc6cc(-c7nc8ccccc8s7)ccc6c5)cc34)cc2)cc1. The van der Waals surface area contributed by atoms with Gasteiger partial charge in [0.2, 0.25) is 0 Å². The third-order valence-electron chi connectivity index (χ3n) is 15.1. The molecule has 0 atom stereocenters. The molecule has 0 amide bonds. The van der Waals surface area contributed by atoms with E-state index in [1.807, 2.05) is 0 Å². The summed E-state index contributed by atoms with van der Waals surface area (Å²) in [5, 5.41) is 11.7. The number of para-hydroxylation sites is 2. The van der Waals surface area contributed by atoms with Crippen LogP contribution in [0.3, 0.4) is 0 Å². The Morgan fingerprint density at radius 1 is 0.211 bits per heavy atom. The number of thiazole rings is 2. The van der Waals surface area contributed by atoms with Crippen LogP contribution in [0.25, 0.3) is 151 Å². The first kappa shape index (κ1) is 44.2. The van der Waals surface area contributed by atoms with Crippen LogP contribution < -0.4 is 0 Å². The van der Waals surface area contributed by atoms with Gasteiger partial charge in [0.05, 0.1) is 20.4 Å². The highest BCUT2D eigenvalue weighted by Crippen LogP contribution is 2.47. The highest BCUT2D eigenvalue weighted by atomic mass is 32.1. The van der Waals surface area contributed by atoms with Crippen LogP contribution in [0.4, 0.5) is 0 Å². The van der Waals surface area contributed by atoms with Crippen molar-refractivity contribution in [3.63, 3.8) is 0 Å². The molecule has 0 spiro atoms. The minimum absolute atomic E-state index is 1.04. The molecular weight excluding hydrogens is 957 g/mol. The number of rotatable bonds is 8. The van der Waals surface area contributed by atoms with Gasteiger partial charge in [-0.15, -0.1) is 22.7 Å². The van der Waals surface area contributed by atoms with Gasteiger partial charge in [0, 0.05) is 11.1 Å². The number of hydrogen-bond acceptors (Lipinski definition) is 4. The van der Waals surface area contributed by atoms with E-state index in [-0.39, 0.29) is 0 Å². The molecule has 0 saturated heterocycles. The molecule has 354 valence electrons. The van der Waals surface area contributed by atoms with Crippen molar-refractivity contribution in [2.24, 2.45) is 0 Å². The summed E-state index contributed by atoms with van der Waals surface area (Å²) in [6, 6.07) is 98.0. The van der Waals surface area contributed by atoms with Crippen LogP contribution in [0.1, 0.15) is 0 Å². The summed E-state index contributed by atoms with van der Waals surface area (Å²) in [5.74, 6) is 0. The second kappa shape index (κ2) is 18.3. The van der Waals surface area contributed by atoms with Crippen LogP contribution in [0, 0.1) is 0 Å². The first-order valence-corrected chi connectivity index (χ1v) is 27.4. The molecule has 0 saturated carbocycles. The molecule has 0 N–H and O–H groups in total. The molecule has 0 fully saturated rings. The molecule has 0 unspecified atom stereocenters. The van der Waals surface area contributed by atoms with Crippen LogP contribution in [0.15, 0.2) is 267 Å². The molecule has 15 rings (SSSR count). The van der Waals surface area contributed by atoms with Crippen molar-refractivity contribution in [2.45, 2.75) is 0 Å². The van der Waals surface area contributed by atoms with Crippen LogP contribution in [0.2, 0.25) is 0 Å².